The van der Waals surface area contributed by atoms with Crippen LogP contribution < -0.4 is 10.1 Å². The lowest BCUT2D eigenvalue weighted by Crippen LogP contribution is -2.22. The van der Waals surface area contributed by atoms with Gasteiger partial charge in [0, 0.05) is 6.54 Å². The topological polar surface area (TPSA) is 82.2 Å². The summed E-state index contributed by atoms with van der Waals surface area (Å²) < 4.78 is 7.12. The van der Waals surface area contributed by atoms with Crippen molar-refractivity contribution in [3.63, 3.8) is 0 Å². The van der Waals surface area contributed by atoms with Gasteiger partial charge in [-0.2, -0.15) is 5.10 Å². The lowest BCUT2D eigenvalue weighted by molar-refractivity contribution is -0.386. The van der Waals surface area contributed by atoms with Gasteiger partial charge in [0.1, 0.15) is 12.3 Å². The molecule has 0 saturated carbocycles. The zero-order valence-electron chi connectivity index (χ0n) is 12.0. The van der Waals surface area contributed by atoms with Gasteiger partial charge in [0.2, 0.25) is 0 Å². The fourth-order valence-corrected chi connectivity index (χ4v) is 1.73. The van der Waals surface area contributed by atoms with Crippen LogP contribution in [0.4, 0.5) is 5.69 Å². The van der Waals surface area contributed by atoms with Gasteiger partial charge in [-0.15, -0.1) is 0 Å². The first kappa shape index (κ1) is 15.4. The van der Waals surface area contributed by atoms with Crippen molar-refractivity contribution < 1.29 is 9.66 Å². The van der Waals surface area contributed by atoms with E-state index in [0.717, 1.165) is 13.0 Å². The van der Waals surface area contributed by atoms with E-state index in [1.54, 1.807) is 11.6 Å². The highest BCUT2D eigenvalue weighted by Crippen LogP contribution is 2.32. The molecular formula is C12H22N4O3. The highest BCUT2D eigenvalue weighted by atomic mass is 16.6. The molecule has 0 saturated heterocycles. The molecule has 0 bridgehead atoms. The first-order valence-electron chi connectivity index (χ1n) is 6.56. The maximum atomic E-state index is 11.1. The van der Waals surface area contributed by atoms with Crippen molar-refractivity contribution in [2.45, 2.75) is 40.2 Å². The van der Waals surface area contributed by atoms with E-state index < -0.39 is 4.92 Å². The maximum Gasteiger partial charge on any atom is 0.353 e. The van der Waals surface area contributed by atoms with Crippen LogP contribution in [-0.2, 0) is 0 Å². The molecule has 0 aliphatic rings. The van der Waals surface area contributed by atoms with Gasteiger partial charge in [0.15, 0.2) is 0 Å². The largest absolute Gasteiger partial charge is 0.472 e. The minimum atomic E-state index is -0.435. The van der Waals surface area contributed by atoms with Crippen molar-refractivity contribution >= 4 is 5.69 Å². The number of hydrogen-bond acceptors (Lipinski definition) is 5. The molecule has 1 heterocycles. The van der Waals surface area contributed by atoms with E-state index in [1.165, 1.54) is 0 Å². The SMILES string of the molecule is CCCNCCOc1c([N+](=O)[O-])c(C)nn1C(C)C. The number of ether oxygens (including phenoxy) is 1. The van der Waals surface area contributed by atoms with E-state index in [4.69, 9.17) is 4.74 Å². The van der Waals surface area contributed by atoms with Crippen LogP contribution in [0.5, 0.6) is 5.88 Å². The summed E-state index contributed by atoms with van der Waals surface area (Å²) in [5.41, 5.74) is 0.347. The average molecular weight is 270 g/mol. The number of hydrogen-bond donors (Lipinski definition) is 1. The molecule has 0 fully saturated rings. The van der Waals surface area contributed by atoms with Crippen LogP contribution in [-0.4, -0.2) is 34.4 Å². The summed E-state index contributed by atoms with van der Waals surface area (Å²) in [5, 5.41) is 18.4. The van der Waals surface area contributed by atoms with Gasteiger partial charge in [-0.05, 0) is 33.7 Å². The molecule has 1 aromatic heterocycles. The molecule has 1 rings (SSSR count). The van der Waals surface area contributed by atoms with E-state index in [-0.39, 0.29) is 17.6 Å². The molecular weight excluding hydrogens is 248 g/mol. The highest BCUT2D eigenvalue weighted by molar-refractivity contribution is 5.46. The minimum Gasteiger partial charge on any atom is -0.472 e. The normalized spacial score (nSPS) is 11.0. The predicted molar refractivity (Wildman–Crippen MR) is 72.7 cm³/mol. The second-order valence-electron chi connectivity index (χ2n) is 4.63. The Kier molecular flexibility index (Phi) is 5.75. The Morgan fingerprint density at radius 2 is 2.16 bits per heavy atom. The van der Waals surface area contributed by atoms with Gasteiger partial charge in [-0.3, -0.25) is 10.1 Å². The minimum absolute atomic E-state index is 0.0194. The lowest BCUT2D eigenvalue weighted by atomic mass is 10.4. The summed E-state index contributed by atoms with van der Waals surface area (Å²) in [5.74, 6) is 0.246. The molecule has 7 heteroatoms. The van der Waals surface area contributed by atoms with Gasteiger partial charge in [0.05, 0.1) is 11.0 Å². The molecule has 1 N–H and O–H groups in total. The molecule has 1 aromatic rings. The molecule has 0 aliphatic carbocycles. The molecule has 0 aliphatic heterocycles. The third-order valence-corrected chi connectivity index (χ3v) is 2.63. The monoisotopic (exact) mass is 270 g/mol. The summed E-state index contributed by atoms with van der Waals surface area (Å²) in [6, 6.07) is 0.0194. The van der Waals surface area contributed by atoms with Gasteiger partial charge in [-0.1, -0.05) is 6.92 Å². The fraction of sp³-hybridized carbons (Fsp3) is 0.750. The fourth-order valence-electron chi connectivity index (χ4n) is 1.73. The van der Waals surface area contributed by atoms with Crippen molar-refractivity contribution in [1.29, 1.82) is 0 Å². The van der Waals surface area contributed by atoms with E-state index in [9.17, 15) is 10.1 Å². The Morgan fingerprint density at radius 1 is 1.47 bits per heavy atom. The second-order valence-corrected chi connectivity index (χ2v) is 4.63. The van der Waals surface area contributed by atoms with Crippen molar-refractivity contribution in [2.24, 2.45) is 0 Å². The van der Waals surface area contributed by atoms with Crippen LogP contribution in [0, 0.1) is 17.0 Å². The zero-order chi connectivity index (χ0) is 14.4. The standard InChI is InChI=1S/C12H22N4O3/c1-5-6-13-7-8-19-12-11(16(17)18)10(4)14-15(12)9(2)3/h9,13H,5-8H2,1-4H3. The highest BCUT2D eigenvalue weighted by Gasteiger charge is 2.27. The van der Waals surface area contributed by atoms with Gasteiger partial charge in [-0.25, -0.2) is 4.68 Å². The second kappa shape index (κ2) is 7.08. The van der Waals surface area contributed by atoms with Crippen LogP contribution in [0.1, 0.15) is 38.9 Å². The molecule has 0 radical (unpaired) electrons. The Morgan fingerprint density at radius 3 is 2.68 bits per heavy atom. The number of nitro groups is 1. The number of nitrogens with zero attached hydrogens (tertiary/aromatic N) is 3. The third-order valence-electron chi connectivity index (χ3n) is 2.63. The first-order valence-corrected chi connectivity index (χ1v) is 6.56. The van der Waals surface area contributed by atoms with Crippen LogP contribution in [0.25, 0.3) is 0 Å². The van der Waals surface area contributed by atoms with Gasteiger partial charge >= 0.3 is 5.69 Å². The quantitative estimate of drug-likeness (QED) is 0.444. The van der Waals surface area contributed by atoms with Crippen molar-refractivity contribution in [3.05, 3.63) is 15.8 Å². The first-order chi connectivity index (χ1) is 8.99. The van der Waals surface area contributed by atoms with E-state index in [0.29, 0.717) is 18.8 Å². The van der Waals surface area contributed by atoms with E-state index >= 15 is 0 Å². The number of nitrogens with one attached hydrogen (secondary N) is 1. The summed E-state index contributed by atoms with van der Waals surface area (Å²) in [7, 11) is 0. The number of aromatic nitrogens is 2. The smallest absolute Gasteiger partial charge is 0.353 e. The molecule has 108 valence electrons. The lowest BCUT2D eigenvalue weighted by Gasteiger charge is -2.11. The molecule has 0 spiro atoms. The van der Waals surface area contributed by atoms with E-state index in [1.807, 2.05) is 13.8 Å². The van der Waals surface area contributed by atoms with Crippen molar-refractivity contribution in [3.8, 4) is 5.88 Å². The molecule has 0 aromatic carbocycles. The van der Waals surface area contributed by atoms with Gasteiger partial charge < -0.3 is 10.1 Å². The number of rotatable bonds is 8. The molecule has 0 atom stereocenters. The van der Waals surface area contributed by atoms with Crippen molar-refractivity contribution in [2.75, 3.05) is 19.7 Å². The summed E-state index contributed by atoms with van der Waals surface area (Å²) in [4.78, 5) is 10.6. The summed E-state index contributed by atoms with van der Waals surface area (Å²) in [6.07, 6.45) is 1.04. The Bertz CT molecular complexity index is 429. The molecule has 0 amide bonds. The number of aryl methyl sites for hydroxylation is 1. The molecule has 19 heavy (non-hydrogen) atoms. The summed E-state index contributed by atoms with van der Waals surface area (Å²) >= 11 is 0. The van der Waals surface area contributed by atoms with Gasteiger partial charge in [0.25, 0.3) is 5.88 Å². The Labute approximate surface area is 113 Å². The van der Waals surface area contributed by atoms with Crippen LogP contribution in [0.3, 0.4) is 0 Å². The van der Waals surface area contributed by atoms with Crippen molar-refractivity contribution in [1.82, 2.24) is 15.1 Å². The predicted octanol–water partition coefficient (Wildman–Crippen LogP) is 2.06. The third kappa shape index (κ3) is 3.92. The average Bonchev–Trinajstić information content (AvgIpc) is 2.66. The Balaban J connectivity index is 2.81. The maximum absolute atomic E-state index is 11.1. The zero-order valence-corrected chi connectivity index (χ0v) is 12.0. The summed E-state index contributed by atoms with van der Waals surface area (Å²) in [6.45, 7) is 9.49. The Hall–Kier alpha value is -1.63. The molecule has 7 nitrogen and oxygen atoms in total. The van der Waals surface area contributed by atoms with Crippen LogP contribution in [0.15, 0.2) is 0 Å². The van der Waals surface area contributed by atoms with Crippen LogP contribution >= 0.6 is 0 Å². The van der Waals surface area contributed by atoms with Crippen LogP contribution in [0.2, 0.25) is 0 Å². The van der Waals surface area contributed by atoms with E-state index in [2.05, 4.69) is 17.3 Å². The molecule has 0 unspecified atom stereocenters.